The Balaban J connectivity index is 2.09. The summed E-state index contributed by atoms with van der Waals surface area (Å²) in [6.45, 7) is 5.08. The van der Waals surface area contributed by atoms with Gasteiger partial charge in [-0.2, -0.15) is 0 Å². The van der Waals surface area contributed by atoms with Crippen LogP contribution < -0.4 is 9.62 Å². The fraction of sp³-hybridized carbons (Fsp3) is 0.333. The molecule has 0 heterocycles. The Labute approximate surface area is 257 Å². The molecule has 0 fully saturated rings. The van der Waals surface area contributed by atoms with Crippen LogP contribution in [0.3, 0.4) is 0 Å². The first kappa shape index (κ1) is 32.7. The zero-order valence-corrected chi connectivity index (χ0v) is 26.5. The van der Waals surface area contributed by atoms with E-state index in [9.17, 15) is 18.0 Å². The van der Waals surface area contributed by atoms with Crippen molar-refractivity contribution in [1.29, 1.82) is 0 Å². The predicted octanol–water partition coefficient (Wildman–Crippen LogP) is 6.28. The van der Waals surface area contributed by atoms with Crippen molar-refractivity contribution in [1.82, 2.24) is 10.2 Å². The number of benzene rings is 3. The van der Waals surface area contributed by atoms with Crippen molar-refractivity contribution in [3.63, 3.8) is 0 Å². The molecule has 0 saturated heterocycles. The normalized spacial score (nSPS) is 12.9. The summed E-state index contributed by atoms with van der Waals surface area (Å²) < 4.78 is 26.8. The van der Waals surface area contributed by atoms with E-state index in [1.807, 2.05) is 44.2 Å². The molecule has 1 N–H and O–H groups in total. The molecule has 0 aliphatic carbocycles. The molecule has 0 radical (unpaired) electrons. The number of sulfonamides is 1. The van der Waals surface area contributed by atoms with Crippen LogP contribution in [0.1, 0.15) is 37.0 Å². The van der Waals surface area contributed by atoms with Gasteiger partial charge in [0.1, 0.15) is 12.6 Å². The number of aryl methyl sites for hydroxylation is 1. The van der Waals surface area contributed by atoms with E-state index in [-0.39, 0.29) is 30.6 Å². The number of hydrogen-bond donors (Lipinski definition) is 1. The smallest absolute Gasteiger partial charge is 0.244 e. The van der Waals surface area contributed by atoms with E-state index in [0.717, 1.165) is 21.7 Å². The molecule has 0 aliphatic rings. The average molecular weight is 639 g/mol. The summed E-state index contributed by atoms with van der Waals surface area (Å²) in [7, 11) is -3.90. The van der Waals surface area contributed by atoms with Crippen molar-refractivity contribution in [2.24, 2.45) is 0 Å². The highest BCUT2D eigenvalue weighted by molar-refractivity contribution is 7.92. The minimum atomic E-state index is -3.90. The molecule has 0 unspecified atom stereocenters. The average Bonchev–Trinajstić information content (AvgIpc) is 2.92. The van der Waals surface area contributed by atoms with Crippen LogP contribution in [0.2, 0.25) is 15.1 Å². The monoisotopic (exact) mass is 637 g/mol. The van der Waals surface area contributed by atoms with Gasteiger partial charge in [0.2, 0.25) is 21.8 Å². The maximum absolute atomic E-state index is 14.1. The summed E-state index contributed by atoms with van der Waals surface area (Å²) in [5.74, 6) is -0.917. The highest BCUT2D eigenvalue weighted by Gasteiger charge is 2.33. The third-order valence-corrected chi connectivity index (χ3v) is 9.02. The molecule has 3 aromatic rings. The van der Waals surface area contributed by atoms with Gasteiger partial charge in [-0.25, -0.2) is 8.42 Å². The van der Waals surface area contributed by atoms with Crippen molar-refractivity contribution >= 4 is 62.3 Å². The topological polar surface area (TPSA) is 86.8 Å². The molecule has 2 atom stereocenters. The fourth-order valence-electron chi connectivity index (χ4n) is 4.18. The van der Waals surface area contributed by atoms with Crippen LogP contribution in [0.25, 0.3) is 0 Å². The van der Waals surface area contributed by atoms with Crippen LogP contribution in [0.15, 0.2) is 66.7 Å². The van der Waals surface area contributed by atoms with Crippen LogP contribution in [0.5, 0.6) is 0 Å². The van der Waals surface area contributed by atoms with Gasteiger partial charge in [0, 0.05) is 24.0 Å². The first-order valence-electron chi connectivity index (χ1n) is 13.1. The Kier molecular flexibility index (Phi) is 11.5. The van der Waals surface area contributed by atoms with Crippen LogP contribution in [0, 0.1) is 6.92 Å². The Bertz CT molecular complexity index is 1490. The Morgan fingerprint density at radius 1 is 0.902 bits per heavy atom. The van der Waals surface area contributed by atoms with Gasteiger partial charge >= 0.3 is 0 Å². The van der Waals surface area contributed by atoms with Gasteiger partial charge in [-0.15, -0.1) is 0 Å². The van der Waals surface area contributed by atoms with Gasteiger partial charge in [0.15, 0.2) is 0 Å². The maximum atomic E-state index is 14.1. The number of rotatable bonds is 12. The quantitative estimate of drug-likeness (QED) is 0.253. The summed E-state index contributed by atoms with van der Waals surface area (Å²) in [6.07, 6.45) is 1.93. The first-order valence-corrected chi connectivity index (χ1v) is 16.1. The first-order chi connectivity index (χ1) is 19.3. The zero-order valence-electron chi connectivity index (χ0n) is 23.4. The molecular weight excluding hydrogens is 605 g/mol. The fourth-order valence-corrected chi connectivity index (χ4v) is 5.52. The number of anilines is 1. The standard InChI is InChI=1S/C30H34Cl3N3O4S/c1-5-21(3)34-30(38)28(16-22-9-7-6-8-10-22)35(18-23-12-14-25(31)27(33)15-23)29(37)19-36(41(4,39)40)24-13-11-20(2)26(32)17-24/h6-15,17,21,28H,5,16,18-19H2,1-4H3,(H,34,38)/t21-,28+/m0/s1. The maximum Gasteiger partial charge on any atom is 0.244 e. The second kappa shape index (κ2) is 14.4. The number of carbonyl (C=O) groups is 2. The van der Waals surface area contributed by atoms with Crippen LogP contribution in [0.4, 0.5) is 5.69 Å². The van der Waals surface area contributed by atoms with Gasteiger partial charge in [-0.05, 0) is 61.2 Å². The van der Waals surface area contributed by atoms with Crippen LogP contribution >= 0.6 is 34.8 Å². The molecule has 0 spiro atoms. The Hall–Kier alpha value is -2.78. The number of nitrogens with zero attached hydrogens (tertiary/aromatic N) is 2. The minimum Gasteiger partial charge on any atom is -0.352 e. The molecule has 3 aromatic carbocycles. The zero-order chi connectivity index (χ0) is 30.3. The lowest BCUT2D eigenvalue weighted by Gasteiger charge is -2.34. The van der Waals surface area contributed by atoms with Gasteiger partial charge in [0.05, 0.1) is 22.0 Å². The van der Waals surface area contributed by atoms with E-state index >= 15 is 0 Å². The number of halogens is 3. The van der Waals surface area contributed by atoms with Crippen molar-refractivity contribution < 1.29 is 18.0 Å². The van der Waals surface area contributed by atoms with E-state index in [4.69, 9.17) is 34.8 Å². The molecule has 7 nitrogen and oxygen atoms in total. The second-order valence-electron chi connectivity index (χ2n) is 10.00. The lowest BCUT2D eigenvalue weighted by molar-refractivity contribution is -0.140. The molecule has 0 saturated carbocycles. The van der Waals surface area contributed by atoms with E-state index in [1.165, 1.54) is 11.0 Å². The summed E-state index contributed by atoms with van der Waals surface area (Å²) in [6, 6.07) is 18.0. The third kappa shape index (κ3) is 9.10. The minimum absolute atomic E-state index is 0.00654. The van der Waals surface area contributed by atoms with E-state index < -0.39 is 28.5 Å². The Morgan fingerprint density at radius 3 is 2.17 bits per heavy atom. The molecule has 41 heavy (non-hydrogen) atoms. The predicted molar refractivity (Wildman–Crippen MR) is 167 cm³/mol. The largest absolute Gasteiger partial charge is 0.352 e. The van der Waals surface area contributed by atoms with Crippen molar-refractivity contribution in [2.75, 3.05) is 17.1 Å². The number of amides is 2. The summed E-state index contributed by atoms with van der Waals surface area (Å²) >= 11 is 18.7. The van der Waals surface area contributed by atoms with Crippen molar-refractivity contribution in [3.8, 4) is 0 Å². The molecule has 0 bridgehead atoms. The highest BCUT2D eigenvalue weighted by Crippen LogP contribution is 2.27. The number of hydrogen-bond acceptors (Lipinski definition) is 4. The van der Waals surface area contributed by atoms with Crippen LogP contribution in [-0.4, -0.2) is 50.0 Å². The van der Waals surface area contributed by atoms with Gasteiger partial charge in [0.25, 0.3) is 0 Å². The van der Waals surface area contributed by atoms with Crippen LogP contribution in [-0.2, 0) is 32.6 Å². The van der Waals surface area contributed by atoms with E-state index in [2.05, 4.69) is 5.32 Å². The lowest BCUT2D eigenvalue weighted by atomic mass is 10.0. The third-order valence-electron chi connectivity index (χ3n) is 6.73. The van der Waals surface area contributed by atoms with E-state index in [0.29, 0.717) is 27.1 Å². The van der Waals surface area contributed by atoms with Gasteiger partial charge in [-0.3, -0.25) is 13.9 Å². The second-order valence-corrected chi connectivity index (χ2v) is 13.1. The molecule has 220 valence electrons. The summed E-state index contributed by atoms with van der Waals surface area (Å²) in [5.41, 5.74) is 2.48. The lowest BCUT2D eigenvalue weighted by Crippen LogP contribution is -2.54. The number of carbonyl (C=O) groups excluding carboxylic acids is 2. The molecule has 0 aromatic heterocycles. The van der Waals surface area contributed by atoms with Crippen molar-refractivity contribution in [3.05, 3.63) is 98.5 Å². The van der Waals surface area contributed by atoms with Gasteiger partial charge in [-0.1, -0.05) is 84.2 Å². The molecular formula is C30H34Cl3N3O4S. The van der Waals surface area contributed by atoms with Crippen molar-refractivity contribution in [2.45, 2.75) is 52.2 Å². The summed E-state index contributed by atoms with van der Waals surface area (Å²) in [4.78, 5) is 29.2. The molecule has 2 amide bonds. The van der Waals surface area contributed by atoms with E-state index in [1.54, 1.807) is 37.3 Å². The Morgan fingerprint density at radius 2 is 1.59 bits per heavy atom. The SMILES string of the molecule is CC[C@H](C)NC(=O)[C@@H](Cc1ccccc1)N(Cc1ccc(Cl)c(Cl)c1)C(=O)CN(c1ccc(C)c(Cl)c1)S(C)(=O)=O. The molecule has 3 rings (SSSR count). The molecule has 0 aliphatic heterocycles. The number of nitrogens with one attached hydrogen (secondary N) is 1. The molecule has 11 heteroatoms. The van der Waals surface area contributed by atoms with Gasteiger partial charge < -0.3 is 10.2 Å². The highest BCUT2D eigenvalue weighted by atomic mass is 35.5. The summed E-state index contributed by atoms with van der Waals surface area (Å²) in [5, 5.41) is 4.01.